The number of methoxy groups -OCH3 is 1. The predicted molar refractivity (Wildman–Crippen MR) is 85.0 cm³/mol. The SMILES string of the molecule is COc1ccccc1S(=O)(=O)N1CC[C@@H](Oc2ccccn2)C1. The van der Waals surface area contributed by atoms with E-state index in [4.69, 9.17) is 9.47 Å². The van der Waals surface area contributed by atoms with Crippen molar-refractivity contribution < 1.29 is 17.9 Å². The van der Waals surface area contributed by atoms with Gasteiger partial charge >= 0.3 is 0 Å². The van der Waals surface area contributed by atoms with Gasteiger partial charge in [-0.2, -0.15) is 4.31 Å². The highest BCUT2D eigenvalue weighted by molar-refractivity contribution is 7.89. The molecule has 1 aromatic heterocycles. The topological polar surface area (TPSA) is 68.7 Å². The number of benzene rings is 1. The van der Waals surface area contributed by atoms with Crippen LogP contribution in [0.5, 0.6) is 11.6 Å². The van der Waals surface area contributed by atoms with Gasteiger partial charge in [-0.05, 0) is 24.6 Å². The van der Waals surface area contributed by atoms with Crippen LogP contribution in [-0.4, -0.2) is 44.0 Å². The summed E-state index contributed by atoms with van der Waals surface area (Å²) in [6.45, 7) is 0.717. The standard InChI is InChI=1S/C16H18N2O4S/c1-21-14-6-2-3-7-15(14)23(19,20)18-11-9-13(12-18)22-16-8-4-5-10-17-16/h2-8,10,13H,9,11-12H2,1H3/t13-/m1/s1. The van der Waals surface area contributed by atoms with Gasteiger partial charge in [0.25, 0.3) is 0 Å². The van der Waals surface area contributed by atoms with Gasteiger partial charge in [-0.25, -0.2) is 13.4 Å². The van der Waals surface area contributed by atoms with Crippen LogP contribution in [0.2, 0.25) is 0 Å². The van der Waals surface area contributed by atoms with Crippen LogP contribution in [0.1, 0.15) is 6.42 Å². The Bertz CT molecular complexity index is 765. The molecule has 2 heterocycles. The van der Waals surface area contributed by atoms with Crippen molar-refractivity contribution in [3.8, 4) is 11.6 Å². The predicted octanol–water partition coefficient (Wildman–Crippen LogP) is 1.93. The molecule has 1 aliphatic rings. The van der Waals surface area contributed by atoms with Crippen LogP contribution in [0.3, 0.4) is 0 Å². The second-order valence-electron chi connectivity index (χ2n) is 5.21. The average Bonchev–Trinajstić information content (AvgIpc) is 3.05. The minimum absolute atomic E-state index is 0.181. The summed E-state index contributed by atoms with van der Waals surface area (Å²) >= 11 is 0. The summed E-state index contributed by atoms with van der Waals surface area (Å²) in [5.74, 6) is 0.857. The number of ether oxygens (including phenoxy) is 2. The molecule has 1 fully saturated rings. The Morgan fingerprint density at radius 2 is 1.96 bits per heavy atom. The molecule has 0 saturated carbocycles. The number of pyridine rings is 1. The van der Waals surface area contributed by atoms with Crippen LogP contribution in [0.4, 0.5) is 0 Å². The fourth-order valence-corrected chi connectivity index (χ4v) is 4.21. The lowest BCUT2D eigenvalue weighted by Gasteiger charge is -2.18. The Morgan fingerprint density at radius 1 is 1.17 bits per heavy atom. The average molecular weight is 334 g/mol. The quantitative estimate of drug-likeness (QED) is 0.836. The number of hydrogen-bond acceptors (Lipinski definition) is 5. The summed E-state index contributed by atoms with van der Waals surface area (Å²) in [6.07, 6.45) is 2.08. The number of sulfonamides is 1. The molecule has 1 saturated heterocycles. The van der Waals surface area contributed by atoms with E-state index in [0.717, 1.165) is 0 Å². The summed E-state index contributed by atoms with van der Waals surface area (Å²) in [7, 11) is -2.14. The molecule has 6 nitrogen and oxygen atoms in total. The molecule has 3 rings (SSSR count). The van der Waals surface area contributed by atoms with Crippen LogP contribution >= 0.6 is 0 Å². The molecule has 2 aromatic rings. The molecule has 0 spiro atoms. The third-order valence-electron chi connectivity index (χ3n) is 3.72. The first-order chi connectivity index (χ1) is 11.1. The third kappa shape index (κ3) is 3.30. The molecule has 0 amide bonds. The Morgan fingerprint density at radius 3 is 2.70 bits per heavy atom. The van der Waals surface area contributed by atoms with Gasteiger partial charge in [0, 0.05) is 18.8 Å². The maximum atomic E-state index is 12.8. The molecule has 23 heavy (non-hydrogen) atoms. The Kier molecular flexibility index (Phi) is 4.49. The van der Waals surface area contributed by atoms with Crippen molar-refractivity contribution in [1.82, 2.24) is 9.29 Å². The van der Waals surface area contributed by atoms with Gasteiger partial charge in [0.2, 0.25) is 15.9 Å². The highest BCUT2D eigenvalue weighted by Crippen LogP contribution is 2.29. The van der Waals surface area contributed by atoms with Crippen molar-refractivity contribution in [2.75, 3.05) is 20.2 Å². The first-order valence-electron chi connectivity index (χ1n) is 7.32. The van der Waals surface area contributed by atoms with Gasteiger partial charge in [0.1, 0.15) is 16.7 Å². The van der Waals surface area contributed by atoms with Crippen molar-refractivity contribution in [2.45, 2.75) is 17.4 Å². The largest absolute Gasteiger partial charge is 0.495 e. The summed E-state index contributed by atoms with van der Waals surface area (Å²) in [5, 5.41) is 0. The maximum absolute atomic E-state index is 12.8. The molecule has 0 aliphatic carbocycles. The molecule has 0 radical (unpaired) electrons. The molecule has 122 valence electrons. The van der Waals surface area contributed by atoms with Crippen molar-refractivity contribution in [3.05, 3.63) is 48.7 Å². The van der Waals surface area contributed by atoms with Gasteiger partial charge in [-0.3, -0.25) is 0 Å². The van der Waals surface area contributed by atoms with Gasteiger partial charge in [0.15, 0.2) is 0 Å². The van der Waals surface area contributed by atoms with Crippen molar-refractivity contribution in [3.63, 3.8) is 0 Å². The van der Waals surface area contributed by atoms with Crippen LogP contribution < -0.4 is 9.47 Å². The minimum Gasteiger partial charge on any atom is -0.495 e. The van der Waals surface area contributed by atoms with Crippen LogP contribution in [0.15, 0.2) is 53.6 Å². The van der Waals surface area contributed by atoms with Crippen LogP contribution in [0, 0.1) is 0 Å². The molecule has 1 aliphatic heterocycles. The van der Waals surface area contributed by atoms with Crippen molar-refractivity contribution in [2.24, 2.45) is 0 Å². The molecule has 0 N–H and O–H groups in total. The van der Waals surface area contributed by atoms with Gasteiger partial charge in [-0.15, -0.1) is 0 Å². The zero-order valence-corrected chi connectivity index (χ0v) is 13.6. The van der Waals surface area contributed by atoms with Crippen LogP contribution in [-0.2, 0) is 10.0 Å². The van der Waals surface area contributed by atoms with Gasteiger partial charge in [0.05, 0.1) is 13.7 Å². The molecule has 0 bridgehead atoms. The summed E-state index contributed by atoms with van der Waals surface area (Å²) in [6, 6.07) is 12.0. The van der Waals surface area contributed by atoms with Gasteiger partial charge < -0.3 is 9.47 Å². The fraction of sp³-hybridized carbons (Fsp3) is 0.312. The number of hydrogen-bond donors (Lipinski definition) is 0. The van der Waals surface area contributed by atoms with E-state index in [2.05, 4.69) is 4.98 Å². The lowest BCUT2D eigenvalue weighted by Crippen LogP contribution is -2.31. The van der Waals surface area contributed by atoms with Crippen molar-refractivity contribution in [1.29, 1.82) is 0 Å². The number of aromatic nitrogens is 1. The van der Waals surface area contributed by atoms with E-state index in [-0.39, 0.29) is 11.0 Å². The fourth-order valence-electron chi connectivity index (χ4n) is 2.57. The number of para-hydroxylation sites is 1. The van der Waals surface area contributed by atoms with E-state index in [1.807, 2.05) is 6.07 Å². The number of nitrogens with zero attached hydrogens (tertiary/aromatic N) is 2. The second-order valence-corrected chi connectivity index (χ2v) is 7.12. The summed E-state index contributed by atoms with van der Waals surface area (Å²) in [5.41, 5.74) is 0. The number of rotatable bonds is 5. The van der Waals surface area contributed by atoms with Gasteiger partial charge in [-0.1, -0.05) is 18.2 Å². The lowest BCUT2D eigenvalue weighted by atomic mass is 10.3. The summed E-state index contributed by atoms with van der Waals surface area (Å²) in [4.78, 5) is 4.29. The van der Waals surface area contributed by atoms with Crippen LogP contribution in [0.25, 0.3) is 0 Å². The first kappa shape index (κ1) is 15.8. The van der Waals surface area contributed by atoms with Crippen molar-refractivity contribution >= 4 is 10.0 Å². The molecule has 1 aromatic carbocycles. The first-order valence-corrected chi connectivity index (χ1v) is 8.76. The highest BCUT2D eigenvalue weighted by Gasteiger charge is 2.35. The normalized spacial score (nSPS) is 18.7. The van der Waals surface area contributed by atoms with E-state index in [1.54, 1.807) is 42.6 Å². The van der Waals surface area contributed by atoms with E-state index >= 15 is 0 Å². The molecule has 1 atom stereocenters. The monoisotopic (exact) mass is 334 g/mol. The smallest absolute Gasteiger partial charge is 0.246 e. The van der Waals surface area contributed by atoms with E-state index < -0.39 is 10.0 Å². The Hall–Kier alpha value is -2.12. The summed E-state index contributed by atoms with van der Waals surface area (Å²) < 4.78 is 37.9. The third-order valence-corrected chi connectivity index (χ3v) is 5.62. The Labute approximate surface area is 135 Å². The second kappa shape index (κ2) is 6.55. The minimum atomic E-state index is -3.60. The van der Waals surface area contributed by atoms with E-state index in [0.29, 0.717) is 31.1 Å². The Balaban J connectivity index is 1.75. The zero-order valence-electron chi connectivity index (χ0n) is 12.8. The maximum Gasteiger partial charge on any atom is 0.246 e. The van der Waals surface area contributed by atoms with E-state index in [1.165, 1.54) is 11.4 Å². The molecular formula is C16H18N2O4S. The molecule has 0 unspecified atom stereocenters. The highest BCUT2D eigenvalue weighted by atomic mass is 32.2. The van der Waals surface area contributed by atoms with E-state index in [9.17, 15) is 8.42 Å². The molecule has 7 heteroatoms. The lowest BCUT2D eigenvalue weighted by molar-refractivity contribution is 0.207. The molecular weight excluding hydrogens is 316 g/mol. The zero-order chi connectivity index (χ0) is 16.3.